The number of hydrogen-bond acceptors (Lipinski definition) is 2. The third kappa shape index (κ3) is 4.71. The zero-order valence-corrected chi connectivity index (χ0v) is 14.6. The van der Waals surface area contributed by atoms with E-state index in [9.17, 15) is 0 Å². The van der Waals surface area contributed by atoms with Gasteiger partial charge in [-0.25, -0.2) is 0 Å². The monoisotopic (exact) mass is 336 g/mol. The van der Waals surface area contributed by atoms with Gasteiger partial charge in [0.25, 0.3) is 0 Å². The lowest BCUT2D eigenvalue weighted by Crippen LogP contribution is -2.35. The Morgan fingerprint density at radius 2 is 2.05 bits per heavy atom. The molecule has 1 unspecified atom stereocenters. The van der Waals surface area contributed by atoms with Crippen molar-refractivity contribution >= 4 is 34.7 Å². The van der Waals surface area contributed by atoms with Crippen molar-refractivity contribution in [3.8, 4) is 0 Å². The van der Waals surface area contributed by atoms with E-state index in [0.717, 1.165) is 28.5 Å². The maximum atomic E-state index is 5.91. The molecule has 0 aliphatic rings. The third-order valence-electron chi connectivity index (χ3n) is 3.46. The standard InChI is InChI=1S/C16H21ClN4S/c1-4-11(2)18-16(22)19-15-9-12(3)21(20-15)10-13-5-7-14(17)8-6-13/h5-9,11H,4,10H2,1-3H3,(H2,18,19,20,22). The SMILES string of the molecule is CCC(C)NC(=S)Nc1cc(C)n(Cc2ccc(Cl)cc2)n1. The molecule has 0 radical (unpaired) electrons. The van der Waals surface area contributed by atoms with Crippen LogP contribution in [0.1, 0.15) is 31.5 Å². The molecular weight excluding hydrogens is 316 g/mol. The smallest absolute Gasteiger partial charge is 0.172 e. The minimum atomic E-state index is 0.345. The van der Waals surface area contributed by atoms with Crippen molar-refractivity contribution in [1.29, 1.82) is 0 Å². The number of halogens is 1. The van der Waals surface area contributed by atoms with Gasteiger partial charge in [-0.1, -0.05) is 30.7 Å². The minimum absolute atomic E-state index is 0.345. The van der Waals surface area contributed by atoms with Gasteiger partial charge in [-0.3, -0.25) is 4.68 Å². The highest BCUT2D eigenvalue weighted by Crippen LogP contribution is 2.14. The Hall–Kier alpha value is -1.59. The molecule has 0 saturated carbocycles. The molecule has 0 fully saturated rings. The van der Waals surface area contributed by atoms with E-state index >= 15 is 0 Å². The van der Waals surface area contributed by atoms with Gasteiger partial charge in [-0.05, 0) is 50.2 Å². The molecule has 2 rings (SSSR count). The predicted octanol–water partition coefficient (Wildman–Crippen LogP) is 3.98. The second-order valence-electron chi connectivity index (χ2n) is 5.36. The lowest BCUT2D eigenvalue weighted by molar-refractivity contribution is 0.644. The minimum Gasteiger partial charge on any atom is -0.360 e. The van der Waals surface area contributed by atoms with E-state index < -0.39 is 0 Å². The number of hydrogen-bond donors (Lipinski definition) is 2. The second-order valence-corrected chi connectivity index (χ2v) is 6.21. The fourth-order valence-corrected chi connectivity index (χ4v) is 2.40. The van der Waals surface area contributed by atoms with Gasteiger partial charge in [0.05, 0.1) is 6.54 Å². The molecule has 6 heteroatoms. The number of thiocarbonyl (C=S) groups is 1. The van der Waals surface area contributed by atoms with Crippen LogP contribution in [0.15, 0.2) is 30.3 Å². The van der Waals surface area contributed by atoms with Crippen molar-refractivity contribution in [2.24, 2.45) is 0 Å². The molecule has 0 saturated heterocycles. The third-order valence-corrected chi connectivity index (χ3v) is 3.93. The fraction of sp³-hybridized carbons (Fsp3) is 0.375. The first-order valence-corrected chi connectivity index (χ1v) is 8.13. The van der Waals surface area contributed by atoms with Crippen LogP contribution in [0.4, 0.5) is 5.82 Å². The van der Waals surface area contributed by atoms with Crippen LogP contribution in [0.2, 0.25) is 5.02 Å². The van der Waals surface area contributed by atoms with Gasteiger partial charge >= 0.3 is 0 Å². The molecule has 1 aromatic carbocycles. The van der Waals surface area contributed by atoms with Crippen LogP contribution in [0.5, 0.6) is 0 Å². The molecule has 0 spiro atoms. The topological polar surface area (TPSA) is 41.9 Å². The number of aromatic nitrogens is 2. The van der Waals surface area contributed by atoms with E-state index in [1.807, 2.05) is 41.9 Å². The first-order chi connectivity index (χ1) is 10.5. The highest BCUT2D eigenvalue weighted by Gasteiger charge is 2.08. The molecule has 1 atom stereocenters. The number of nitrogens with zero attached hydrogens (tertiary/aromatic N) is 2. The van der Waals surface area contributed by atoms with E-state index in [1.165, 1.54) is 0 Å². The van der Waals surface area contributed by atoms with Crippen LogP contribution in [0, 0.1) is 6.92 Å². The number of aryl methyl sites for hydroxylation is 1. The van der Waals surface area contributed by atoms with Crippen LogP contribution >= 0.6 is 23.8 Å². The van der Waals surface area contributed by atoms with E-state index in [0.29, 0.717) is 17.7 Å². The maximum Gasteiger partial charge on any atom is 0.172 e. The zero-order chi connectivity index (χ0) is 16.1. The summed E-state index contributed by atoms with van der Waals surface area (Å²) in [5.74, 6) is 0.757. The number of benzene rings is 1. The molecule has 0 bridgehead atoms. The van der Waals surface area contributed by atoms with Crippen molar-refractivity contribution < 1.29 is 0 Å². The average molecular weight is 337 g/mol. The van der Waals surface area contributed by atoms with E-state index in [1.54, 1.807) is 0 Å². The number of rotatable bonds is 5. The van der Waals surface area contributed by atoms with Crippen LogP contribution in [-0.4, -0.2) is 20.9 Å². The lowest BCUT2D eigenvalue weighted by Gasteiger charge is -2.13. The van der Waals surface area contributed by atoms with Crippen molar-refractivity contribution in [3.63, 3.8) is 0 Å². The summed E-state index contributed by atoms with van der Waals surface area (Å²) in [5, 5.41) is 12.2. The molecule has 1 heterocycles. The summed E-state index contributed by atoms with van der Waals surface area (Å²) in [6, 6.07) is 10.1. The summed E-state index contributed by atoms with van der Waals surface area (Å²) in [6.07, 6.45) is 1.02. The first kappa shape index (κ1) is 16.8. The molecule has 0 aliphatic heterocycles. The maximum absolute atomic E-state index is 5.91. The molecule has 118 valence electrons. The largest absolute Gasteiger partial charge is 0.360 e. The van der Waals surface area contributed by atoms with Gasteiger partial charge in [-0.2, -0.15) is 5.10 Å². The van der Waals surface area contributed by atoms with Crippen molar-refractivity contribution in [2.75, 3.05) is 5.32 Å². The Morgan fingerprint density at radius 1 is 1.36 bits per heavy atom. The van der Waals surface area contributed by atoms with Gasteiger partial charge < -0.3 is 10.6 Å². The van der Waals surface area contributed by atoms with Gasteiger partial charge in [0, 0.05) is 22.8 Å². The van der Waals surface area contributed by atoms with E-state index in [2.05, 4.69) is 29.6 Å². The van der Waals surface area contributed by atoms with Crippen LogP contribution in [-0.2, 0) is 6.54 Å². The zero-order valence-electron chi connectivity index (χ0n) is 13.1. The van der Waals surface area contributed by atoms with Crippen LogP contribution < -0.4 is 10.6 Å². The number of anilines is 1. The van der Waals surface area contributed by atoms with Gasteiger partial charge in [0.2, 0.25) is 0 Å². The van der Waals surface area contributed by atoms with Crippen molar-refractivity contribution in [3.05, 3.63) is 46.6 Å². The number of nitrogens with one attached hydrogen (secondary N) is 2. The Balaban J connectivity index is 2.01. The van der Waals surface area contributed by atoms with Crippen LogP contribution in [0.25, 0.3) is 0 Å². The predicted molar refractivity (Wildman–Crippen MR) is 96.6 cm³/mol. The Morgan fingerprint density at radius 3 is 2.68 bits per heavy atom. The molecule has 2 N–H and O–H groups in total. The summed E-state index contributed by atoms with van der Waals surface area (Å²) in [6.45, 7) is 6.94. The fourth-order valence-electron chi connectivity index (χ4n) is 1.97. The average Bonchev–Trinajstić information content (AvgIpc) is 2.80. The van der Waals surface area contributed by atoms with Crippen LogP contribution in [0.3, 0.4) is 0 Å². The second kappa shape index (κ2) is 7.61. The van der Waals surface area contributed by atoms with Gasteiger partial charge in [0.15, 0.2) is 10.9 Å². The molecule has 1 aromatic heterocycles. The summed E-state index contributed by atoms with van der Waals surface area (Å²) in [4.78, 5) is 0. The summed E-state index contributed by atoms with van der Waals surface area (Å²) < 4.78 is 1.94. The molecule has 22 heavy (non-hydrogen) atoms. The molecule has 4 nitrogen and oxygen atoms in total. The highest BCUT2D eigenvalue weighted by atomic mass is 35.5. The lowest BCUT2D eigenvalue weighted by atomic mass is 10.2. The summed E-state index contributed by atoms with van der Waals surface area (Å²) in [5.41, 5.74) is 2.23. The van der Waals surface area contributed by atoms with E-state index in [-0.39, 0.29) is 0 Å². The van der Waals surface area contributed by atoms with E-state index in [4.69, 9.17) is 23.8 Å². The molecule has 2 aromatic rings. The summed E-state index contributed by atoms with van der Waals surface area (Å²) >= 11 is 11.2. The Bertz CT molecular complexity index is 636. The van der Waals surface area contributed by atoms with Crippen molar-refractivity contribution in [1.82, 2.24) is 15.1 Å². The highest BCUT2D eigenvalue weighted by molar-refractivity contribution is 7.80. The first-order valence-electron chi connectivity index (χ1n) is 7.34. The molecular formula is C16H21ClN4S. The van der Waals surface area contributed by atoms with Gasteiger partial charge in [-0.15, -0.1) is 0 Å². The Kier molecular flexibility index (Phi) is 5.80. The summed E-state index contributed by atoms with van der Waals surface area (Å²) in [7, 11) is 0. The quantitative estimate of drug-likeness (QED) is 0.810. The molecule has 0 aliphatic carbocycles. The van der Waals surface area contributed by atoms with Gasteiger partial charge in [0.1, 0.15) is 0 Å². The normalized spacial score (nSPS) is 12.0. The van der Waals surface area contributed by atoms with Crippen molar-refractivity contribution in [2.45, 2.75) is 39.8 Å². The Labute approximate surface area is 141 Å². The molecule has 0 amide bonds.